The highest BCUT2D eigenvalue weighted by molar-refractivity contribution is 5.76. The summed E-state index contributed by atoms with van der Waals surface area (Å²) in [6, 6.07) is 17.7. The van der Waals surface area contributed by atoms with Crippen molar-refractivity contribution < 1.29 is 14.1 Å². The third-order valence-corrected chi connectivity index (χ3v) is 5.56. The third-order valence-electron chi connectivity index (χ3n) is 5.56. The molecular weight excluding hydrogens is 442 g/mol. The molecule has 0 saturated heterocycles. The molecule has 0 spiro atoms. The molecule has 0 aliphatic heterocycles. The largest absolute Gasteiger partial charge is 0.497 e. The first-order valence-electron chi connectivity index (χ1n) is 11.1. The van der Waals surface area contributed by atoms with Gasteiger partial charge in [0.05, 0.1) is 13.5 Å². The molecule has 2 aromatic carbocycles. The number of aromatic nitrogens is 4. The van der Waals surface area contributed by atoms with E-state index in [1.165, 1.54) is 5.56 Å². The number of carbonyl (C=O) groups is 1. The second kappa shape index (κ2) is 10.6. The molecule has 0 atom stereocenters. The Morgan fingerprint density at radius 2 is 1.86 bits per heavy atom. The molecule has 0 radical (unpaired) electrons. The summed E-state index contributed by atoms with van der Waals surface area (Å²) in [5.74, 6) is 1.92. The first-order chi connectivity index (χ1) is 17.0. The van der Waals surface area contributed by atoms with Gasteiger partial charge in [0.1, 0.15) is 11.4 Å². The summed E-state index contributed by atoms with van der Waals surface area (Å²) in [7, 11) is 1.65. The lowest BCUT2D eigenvalue weighted by atomic mass is 10.1. The Labute approximate surface area is 203 Å². The molecule has 5 rings (SSSR count). The quantitative estimate of drug-likeness (QED) is 0.345. The molecule has 0 unspecified atom stereocenters. The van der Waals surface area contributed by atoms with Crippen molar-refractivity contribution >= 4 is 17.7 Å². The topological polar surface area (TPSA) is 94.6 Å². The van der Waals surface area contributed by atoms with Gasteiger partial charge in [-0.15, -0.1) is 0 Å². The molecule has 0 aliphatic rings. The number of rotatable bonds is 6. The van der Waals surface area contributed by atoms with E-state index in [2.05, 4.69) is 51.6 Å². The van der Waals surface area contributed by atoms with Crippen LogP contribution in [0.25, 0.3) is 17.0 Å². The fraction of sp³-hybridized carbons (Fsp3) is 0.185. The average Bonchev–Trinajstić information content (AvgIpc) is 3.49. The van der Waals surface area contributed by atoms with Crippen LogP contribution in [0.5, 0.6) is 5.75 Å². The number of nitrogens with one attached hydrogen (secondary N) is 1. The number of imidazole rings is 1. The Kier molecular flexibility index (Phi) is 7.21. The van der Waals surface area contributed by atoms with E-state index in [1.807, 2.05) is 61.0 Å². The maximum atomic E-state index is 10.6. The number of anilines is 1. The van der Waals surface area contributed by atoms with Crippen LogP contribution in [-0.2, 0) is 11.2 Å². The number of pyridine rings is 1. The Hall–Kier alpha value is -4.46. The van der Waals surface area contributed by atoms with Gasteiger partial charge in [-0.25, -0.2) is 4.98 Å². The maximum absolute atomic E-state index is 10.6. The van der Waals surface area contributed by atoms with Crippen molar-refractivity contribution in [3.63, 3.8) is 0 Å². The number of benzene rings is 2. The zero-order chi connectivity index (χ0) is 24.8. The van der Waals surface area contributed by atoms with Gasteiger partial charge in [0.2, 0.25) is 18.1 Å². The van der Waals surface area contributed by atoms with E-state index in [9.17, 15) is 4.79 Å². The third kappa shape index (κ3) is 5.73. The summed E-state index contributed by atoms with van der Waals surface area (Å²) < 4.78 is 12.4. The van der Waals surface area contributed by atoms with Crippen LogP contribution >= 0.6 is 0 Å². The first kappa shape index (κ1) is 23.7. The van der Waals surface area contributed by atoms with Gasteiger partial charge in [0, 0.05) is 35.4 Å². The minimum absolute atomic E-state index is 0.515. The molecule has 0 saturated carbocycles. The van der Waals surface area contributed by atoms with E-state index < -0.39 is 0 Å². The molecule has 1 amide bonds. The van der Waals surface area contributed by atoms with Crippen LogP contribution in [0, 0.1) is 20.8 Å². The van der Waals surface area contributed by atoms with Gasteiger partial charge in [-0.1, -0.05) is 47.1 Å². The Morgan fingerprint density at radius 3 is 2.60 bits per heavy atom. The minimum Gasteiger partial charge on any atom is -0.497 e. The lowest BCUT2D eigenvalue weighted by Gasteiger charge is -2.04. The second-order valence-corrected chi connectivity index (χ2v) is 8.16. The Morgan fingerprint density at radius 1 is 1.06 bits per heavy atom. The van der Waals surface area contributed by atoms with Gasteiger partial charge in [-0.05, 0) is 44.0 Å². The zero-order valence-electron chi connectivity index (χ0n) is 20.1. The molecule has 178 valence electrons. The molecule has 0 fully saturated rings. The van der Waals surface area contributed by atoms with Crippen LogP contribution in [0.2, 0.25) is 0 Å². The SMILES string of the molecule is COc1ccn2c(C)cnc2c1.Cc1ccc(Cc2nc(-c3ccc(C)c(NC=O)c3)no2)cc1. The number of hydrogen-bond donors (Lipinski definition) is 1. The molecular formula is C27H27N5O3. The molecule has 5 aromatic rings. The smallest absolute Gasteiger partial charge is 0.231 e. The summed E-state index contributed by atoms with van der Waals surface area (Å²) in [5, 5.41) is 6.70. The molecule has 8 heteroatoms. The zero-order valence-corrected chi connectivity index (χ0v) is 20.1. The lowest BCUT2D eigenvalue weighted by molar-refractivity contribution is -0.105. The number of methoxy groups -OCH3 is 1. The summed E-state index contributed by atoms with van der Waals surface area (Å²) >= 11 is 0. The number of nitrogens with zero attached hydrogens (tertiary/aromatic N) is 4. The second-order valence-electron chi connectivity index (χ2n) is 8.16. The molecule has 0 bridgehead atoms. The monoisotopic (exact) mass is 469 g/mol. The molecule has 35 heavy (non-hydrogen) atoms. The van der Waals surface area contributed by atoms with Gasteiger partial charge < -0.3 is 19.0 Å². The van der Waals surface area contributed by atoms with E-state index in [4.69, 9.17) is 9.26 Å². The molecule has 8 nitrogen and oxygen atoms in total. The standard InChI is InChI=1S/C18H17N3O2.C9H10N2O/c1-12-3-6-14(7-4-12)9-17-20-18(21-23-17)15-8-5-13(2)16(10-15)19-11-22;1-7-6-10-9-5-8(12-2)3-4-11(7)9/h3-8,10-11H,9H2,1-2H3,(H,19,22);3-6H,1-2H3. The van der Waals surface area contributed by atoms with Crippen molar-refractivity contribution in [3.05, 3.63) is 95.3 Å². The minimum atomic E-state index is 0.515. The number of amides is 1. The summed E-state index contributed by atoms with van der Waals surface area (Å²) in [5.41, 5.74) is 6.91. The van der Waals surface area contributed by atoms with E-state index in [0.29, 0.717) is 24.5 Å². The van der Waals surface area contributed by atoms with Crippen LogP contribution in [0.4, 0.5) is 5.69 Å². The molecule has 0 aliphatic carbocycles. The van der Waals surface area contributed by atoms with Crippen molar-refractivity contribution in [1.29, 1.82) is 0 Å². The predicted octanol–water partition coefficient (Wildman–Crippen LogP) is 5.16. The highest BCUT2D eigenvalue weighted by Gasteiger charge is 2.11. The van der Waals surface area contributed by atoms with Gasteiger partial charge in [-0.2, -0.15) is 4.98 Å². The average molecular weight is 470 g/mol. The van der Waals surface area contributed by atoms with Crippen LogP contribution in [0.1, 0.15) is 28.3 Å². The van der Waals surface area contributed by atoms with Crippen molar-refractivity contribution in [2.75, 3.05) is 12.4 Å². The normalized spacial score (nSPS) is 10.5. The summed E-state index contributed by atoms with van der Waals surface area (Å²) in [6.07, 6.45) is 5.05. The van der Waals surface area contributed by atoms with Crippen molar-refractivity contribution in [2.24, 2.45) is 0 Å². The van der Waals surface area contributed by atoms with E-state index in [0.717, 1.165) is 39.5 Å². The summed E-state index contributed by atoms with van der Waals surface area (Å²) in [4.78, 5) is 19.3. The molecule has 3 heterocycles. The van der Waals surface area contributed by atoms with Gasteiger partial charge in [0.25, 0.3) is 0 Å². The summed E-state index contributed by atoms with van der Waals surface area (Å²) in [6.45, 7) is 6.00. The molecule has 1 N–H and O–H groups in total. The van der Waals surface area contributed by atoms with E-state index >= 15 is 0 Å². The van der Waals surface area contributed by atoms with Crippen LogP contribution < -0.4 is 10.1 Å². The Bertz CT molecular complexity index is 1440. The number of hydrogen-bond acceptors (Lipinski definition) is 6. The van der Waals surface area contributed by atoms with Crippen molar-refractivity contribution in [3.8, 4) is 17.1 Å². The predicted molar refractivity (Wildman–Crippen MR) is 135 cm³/mol. The van der Waals surface area contributed by atoms with Gasteiger partial charge >= 0.3 is 0 Å². The number of aryl methyl sites for hydroxylation is 3. The lowest BCUT2D eigenvalue weighted by Crippen LogP contribution is -1.97. The van der Waals surface area contributed by atoms with E-state index in [-0.39, 0.29) is 0 Å². The first-order valence-corrected chi connectivity index (χ1v) is 11.1. The fourth-order valence-corrected chi connectivity index (χ4v) is 3.52. The highest BCUT2D eigenvalue weighted by Crippen LogP contribution is 2.23. The fourth-order valence-electron chi connectivity index (χ4n) is 3.52. The maximum Gasteiger partial charge on any atom is 0.231 e. The van der Waals surface area contributed by atoms with Crippen LogP contribution in [0.15, 0.2) is 71.5 Å². The van der Waals surface area contributed by atoms with Crippen LogP contribution in [0.3, 0.4) is 0 Å². The van der Waals surface area contributed by atoms with E-state index in [1.54, 1.807) is 7.11 Å². The van der Waals surface area contributed by atoms with Crippen LogP contribution in [-0.4, -0.2) is 33.0 Å². The Balaban J connectivity index is 0.000000201. The van der Waals surface area contributed by atoms with Crippen molar-refractivity contribution in [1.82, 2.24) is 19.5 Å². The highest BCUT2D eigenvalue weighted by atomic mass is 16.5. The van der Waals surface area contributed by atoms with Crippen molar-refractivity contribution in [2.45, 2.75) is 27.2 Å². The number of fused-ring (bicyclic) bond motifs is 1. The number of ether oxygens (including phenoxy) is 1. The number of carbonyl (C=O) groups excluding carboxylic acids is 1. The van der Waals surface area contributed by atoms with Gasteiger partial charge in [0.15, 0.2) is 0 Å². The van der Waals surface area contributed by atoms with Gasteiger partial charge in [-0.3, -0.25) is 4.79 Å². The molecule has 3 aromatic heterocycles.